The van der Waals surface area contributed by atoms with Gasteiger partial charge in [-0.2, -0.15) is 5.10 Å². The maximum atomic E-state index is 12.0. The van der Waals surface area contributed by atoms with Gasteiger partial charge < -0.3 is 4.90 Å². The van der Waals surface area contributed by atoms with Crippen LogP contribution >= 0.6 is 0 Å². The molecule has 0 unspecified atom stereocenters. The van der Waals surface area contributed by atoms with Crippen LogP contribution in [-0.2, 0) is 11.2 Å². The Morgan fingerprint density at radius 1 is 1.19 bits per heavy atom. The number of H-pyrrole nitrogens is 1. The van der Waals surface area contributed by atoms with E-state index in [-0.39, 0.29) is 11.9 Å². The summed E-state index contributed by atoms with van der Waals surface area (Å²) in [5.74, 6) is 0.945. The normalized spacial score (nSPS) is 18.7. The summed E-state index contributed by atoms with van der Waals surface area (Å²) in [5.41, 5.74) is 0.902. The molecule has 2 aromatic rings. The van der Waals surface area contributed by atoms with Crippen LogP contribution < -0.4 is 0 Å². The first-order valence-corrected chi connectivity index (χ1v) is 6.59. The highest BCUT2D eigenvalue weighted by Gasteiger charge is 2.41. The fourth-order valence-electron chi connectivity index (χ4n) is 2.36. The highest BCUT2D eigenvalue weighted by atomic mass is 16.2. The molecule has 0 bridgehead atoms. The fraction of sp³-hybridized carbons (Fsp3) is 0.286. The summed E-state index contributed by atoms with van der Waals surface area (Å²) in [7, 11) is 3.10. The zero-order valence-electron chi connectivity index (χ0n) is 11.8. The highest BCUT2D eigenvalue weighted by Crippen LogP contribution is 2.18. The van der Waals surface area contributed by atoms with E-state index in [1.807, 2.05) is 30.3 Å². The van der Waals surface area contributed by atoms with Gasteiger partial charge in [0.05, 0.1) is 0 Å². The molecule has 3 amide bonds. The number of amides is 3. The minimum atomic E-state index is -0.529. The molecule has 0 saturated carbocycles. The van der Waals surface area contributed by atoms with Crippen LogP contribution in [0, 0.1) is 0 Å². The van der Waals surface area contributed by atoms with E-state index in [4.69, 9.17) is 0 Å². The molecule has 108 valence electrons. The van der Waals surface area contributed by atoms with Gasteiger partial charge in [-0.1, -0.05) is 30.3 Å². The van der Waals surface area contributed by atoms with Gasteiger partial charge in [0, 0.05) is 26.1 Å². The molecular formula is C14H15N5O2. The summed E-state index contributed by atoms with van der Waals surface area (Å²) < 4.78 is 0. The molecule has 0 aliphatic carbocycles. The van der Waals surface area contributed by atoms with E-state index in [9.17, 15) is 9.59 Å². The van der Waals surface area contributed by atoms with Crippen LogP contribution in [0.15, 0.2) is 30.3 Å². The van der Waals surface area contributed by atoms with Gasteiger partial charge in [-0.05, 0) is 0 Å². The Morgan fingerprint density at radius 2 is 1.90 bits per heavy atom. The standard InChI is InChI=1S/C14H15N5O2/c1-18-10(13(20)19(2)14(18)21)8-11-15-12(17-16-11)9-6-4-3-5-7-9/h3-7,10H,8H2,1-2H3,(H,15,16,17)/t10-/m1/s1. The minimum absolute atomic E-state index is 0.222. The second-order valence-electron chi connectivity index (χ2n) is 4.98. The minimum Gasteiger partial charge on any atom is -0.315 e. The number of likely N-dealkylation sites (N-methyl/N-ethyl adjacent to an activating group) is 2. The Balaban J connectivity index is 1.79. The van der Waals surface area contributed by atoms with Crippen LogP contribution in [0.25, 0.3) is 11.4 Å². The second kappa shape index (κ2) is 5.01. The number of hydrogen-bond donors (Lipinski definition) is 1. The third-order valence-corrected chi connectivity index (χ3v) is 3.62. The molecule has 1 fully saturated rings. The lowest BCUT2D eigenvalue weighted by Gasteiger charge is -2.14. The van der Waals surface area contributed by atoms with E-state index in [0.717, 1.165) is 10.5 Å². The number of hydrogen-bond acceptors (Lipinski definition) is 4. The number of nitrogens with one attached hydrogen (secondary N) is 1. The van der Waals surface area contributed by atoms with Crippen LogP contribution in [0.2, 0.25) is 0 Å². The van der Waals surface area contributed by atoms with Crippen LogP contribution in [0.1, 0.15) is 5.82 Å². The van der Waals surface area contributed by atoms with Gasteiger partial charge in [0.2, 0.25) is 0 Å². The van der Waals surface area contributed by atoms with Crippen molar-refractivity contribution in [1.82, 2.24) is 25.0 Å². The summed E-state index contributed by atoms with van der Waals surface area (Å²) in [6.45, 7) is 0. The molecule has 1 aromatic heterocycles. The van der Waals surface area contributed by atoms with Crippen molar-refractivity contribution >= 4 is 11.9 Å². The Morgan fingerprint density at radius 3 is 2.52 bits per heavy atom. The van der Waals surface area contributed by atoms with Gasteiger partial charge in [-0.3, -0.25) is 14.8 Å². The maximum Gasteiger partial charge on any atom is 0.326 e. The van der Waals surface area contributed by atoms with Crippen molar-refractivity contribution < 1.29 is 9.59 Å². The van der Waals surface area contributed by atoms with E-state index in [2.05, 4.69) is 15.2 Å². The zero-order valence-corrected chi connectivity index (χ0v) is 11.8. The second-order valence-corrected chi connectivity index (χ2v) is 4.98. The van der Waals surface area contributed by atoms with Crippen molar-refractivity contribution in [3.8, 4) is 11.4 Å². The first kappa shape index (κ1) is 13.3. The predicted molar refractivity (Wildman–Crippen MR) is 75.2 cm³/mol. The summed E-state index contributed by atoms with van der Waals surface area (Å²) >= 11 is 0. The Kier molecular flexibility index (Phi) is 3.17. The number of carbonyl (C=O) groups excluding carboxylic acids is 2. The molecule has 1 aliphatic heterocycles. The van der Waals surface area contributed by atoms with Crippen molar-refractivity contribution in [2.45, 2.75) is 12.5 Å². The van der Waals surface area contributed by atoms with Crippen LogP contribution in [0.4, 0.5) is 4.79 Å². The number of aromatic amines is 1. The van der Waals surface area contributed by atoms with Crippen LogP contribution in [0.3, 0.4) is 0 Å². The molecule has 2 heterocycles. The number of urea groups is 1. The van der Waals surface area contributed by atoms with Crippen LogP contribution in [-0.4, -0.2) is 57.1 Å². The third-order valence-electron chi connectivity index (χ3n) is 3.62. The average Bonchev–Trinajstić information content (AvgIpc) is 3.05. The van der Waals surface area contributed by atoms with E-state index in [1.54, 1.807) is 7.05 Å². The van der Waals surface area contributed by atoms with Crippen LogP contribution in [0.5, 0.6) is 0 Å². The molecule has 1 aliphatic rings. The molecular weight excluding hydrogens is 270 g/mol. The monoisotopic (exact) mass is 285 g/mol. The average molecular weight is 285 g/mol. The molecule has 0 radical (unpaired) electrons. The zero-order chi connectivity index (χ0) is 15.0. The van der Waals surface area contributed by atoms with Gasteiger partial charge in [0.1, 0.15) is 11.9 Å². The quantitative estimate of drug-likeness (QED) is 0.850. The molecule has 1 aromatic carbocycles. The lowest BCUT2D eigenvalue weighted by Crippen LogP contribution is -2.33. The molecule has 0 spiro atoms. The van der Waals surface area contributed by atoms with Gasteiger partial charge in [0.25, 0.3) is 5.91 Å². The summed E-state index contributed by atoms with van der Waals surface area (Å²) in [6.07, 6.45) is 0.325. The van der Waals surface area contributed by atoms with Gasteiger partial charge >= 0.3 is 6.03 Å². The molecule has 3 rings (SSSR count). The smallest absolute Gasteiger partial charge is 0.315 e. The van der Waals surface area contributed by atoms with Crippen molar-refractivity contribution in [3.05, 3.63) is 36.2 Å². The molecule has 21 heavy (non-hydrogen) atoms. The largest absolute Gasteiger partial charge is 0.326 e. The van der Waals surface area contributed by atoms with Crippen molar-refractivity contribution in [2.24, 2.45) is 0 Å². The number of carbonyl (C=O) groups is 2. The first-order valence-electron chi connectivity index (χ1n) is 6.59. The van der Waals surface area contributed by atoms with E-state index in [0.29, 0.717) is 18.1 Å². The highest BCUT2D eigenvalue weighted by molar-refractivity contribution is 6.03. The van der Waals surface area contributed by atoms with Crippen molar-refractivity contribution in [2.75, 3.05) is 14.1 Å². The van der Waals surface area contributed by atoms with E-state index >= 15 is 0 Å². The SMILES string of the molecule is CN1C(=O)[C@@H](Cc2nc(-c3ccccc3)n[nH]2)N(C)C1=O. The number of benzene rings is 1. The lowest BCUT2D eigenvalue weighted by molar-refractivity contribution is -0.127. The summed E-state index contributed by atoms with van der Waals surface area (Å²) in [5, 5.41) is 6.98. The topological polar surface area (TPSA) is 82.2 Å². The van der Waals surface area contributed by atoms with E-state index < -0.39 is 6.04 Å². The molecule has 7 nitrogen and oxygen atoms in total. The number of nitrogens with zero attached hydrogens (tertiary/aromatic N) is 4. The van der Waals surface area contributed by atoms with Crippen molar-refractivity contribution in [1.29, 1.82) is 0 Å². The van der Waals surface area contributed by atoms with Gasteiger partial charge in [-0.25, -0.2) is 9.78 Å². The lowest BCUT2D eigenvalue weighted by atomic mass is 10.2. The Labute approximate surface area is 121 Å². The Hall–Kier alpha value is -2.70. The number of rotatable bonds is 3. The predicted octanol–water partition coefficient (Wildman–Crippen LogP) is 0.907. The Bertz CT molecular complexity index is 682. The van der Waals surface area contributed by atoms with Crippen molar-refractivity contribution in [3.63, 3.8) is 0 Å². The number of aromatic nitrogens is 3. The molecule has 1 N–H and O–H groups in total. The molecule has 7 heteroatoms. The fourth-order valence-corrected chi connectivity index (χ4v) is 2.36. The first-order chi connectivity index (χ1) is 10.1. The van der Waals surface area contributed by atoms with Gasteiger partial charge in [-0.15, -0.1) is 0 Å². The summed E-state index contributed by atoms with van der Waals surface area (Å²) in [6, 6.07) is 8.74. The molecule has 1 atom stereocenters. The third kappa shape index (κ3) is 2.26. The van der Waals surface area contributed by atoms with E-state index in [1.165, 1.54) is 11.9 Å². The van der Waals surface area contributed by atoms with Gasteiger partial charge in [0.15, 0.2) is 5.82 Å². The number of imide groups is 1. The molecule has 1 saturated heterocycles. The maximum absolute atomic E-state index is 12.0. The summed E-state index contributed by atoms with van der Waals surface area (Å²) in [4.78, 5) is 30.7.